The van der Waals surface area contributed by atoms with Crippen LogP contribution in [0.15, 0.2) is 24.3 Å². The molecule has 2 unspecified atom stereocenters. The van der Waals surface area contributed by atoms with Gasteiger partial charge >= 0.3 is 0 Å². The van der Waals surface area contributed by atoms with Crippen LogP contribution >= 0.6 is 0 Å². The molecule has 2 atom stereocenters. The summed E-state index contributed by atoms with van der Waals surface area (Å²) in [7, 11) is 0. The first-order valence-electron chi connectivity index (χ1n) is 6.36. The van der Waals surface area contributed by atoms with E-state index >= 15 is 0 Å². The third-order valence-electron chi connectivity index (χ3n) is 3.56. The number of hydrogen-bond acceptors (Lipinski definition) is 3. The molecular formula is C14H21NO2. The number of ether oxygens (including phenoxy) is 1. The third-order valence-corrected chi connectivity index (χ3v) is 3.56. The molecule has 1 heterocycles. The number of phenols is 1. The van der Waals surface area contributed by atoms with Crippen molar-refractivity contribution in [2.75, 3.05) is 19.7 Å². The molecule has 0 bridgehead atoms. The molecule has 0 saturated carbocycles. The molecule has 0 amide bonds. The molecule has 1 aromatic rings. The van der Waals surface area contributed by atoms with E-state index in [9.17, 15) is 5.11 Å². The first-order valence-corrected chi connectivity index (χ1v) is 6.36. The first kappa shape index (κ1) is 12.4. The van der Waals surface area contributed by atoms with Crippen LogP contribution in [0.5, 0.6) is 5.75 Å². The summed E-state index contributed by atoms with van der Waals surface area (Å²) in [5.74, 6) is 0.388. The molecule has 1 fully saturated rings. The van der Waals surface area contributed by atoms with Crippen molar-refractivity contribution >= 4 is 0 Å². The Balaban J connectivity index is 2.09. The number of rotatable bonds is 3. The molecule has 0 aliphatic carbocycles. The highest BCUT2D eigenvalue weighted by Gasteiger charge is 2.24. The maximum atomic E-state index is 9.88. The van der Waals surface area contributed by atoms with Crippen LogP contribution in [0.3, 0.4) is 0 Å². The van der Waals surface area contributed by atoms with E-state index in [2.05, 4.69) is 18.7 Å². The van der Waals surface area contributed by atoms with Gasteiger partial charge in [-0.25, -0.2) is 0 Å². The number of nitrogens with zero attached hydrogens (tertiary/aromatic N) is 1. The topological polar surface area (TPSA) is 32.7 Å². The van der Waals surface area contributed by atoms with Crippen LogP contribution < -0.4 is 0 Å². The van der Waals surface area contributed by atoms with E-state index in [-0.39, 0.29) is 6.04 Å². The Morgan fingerprint density at radius 1 is 1.47 bits per heavy atom. The van der Waals surface area contributed by atoms with Crippen molar-refractivity contribution in [1.29, 1.82) is 0 Å². The second-order valence-corrected chi connectivity index (χ2v) is 4.63. The maximum Gasteiger partial charge on any atom is 0.120 e. The van der Waals surface area contributed by atoms with Crippen LogP contribution in [0.4, 0.5) is 0 Å². The Kier molecular flexibility index (Phi) is 4.02. The minimum absolute atomic E-state index is 0.245. The molecule has 1 N–H and O–H groups in total. The van der Waals surface area contributed by atoms with Gasteiger partial charge in [0.15, 0.2) is 0 Å². The molecule has 2 rings (SSSR count). The summed E-state index contributed by atoms with van der Waals surface area (Å²) in [5.41, 5.74) is 1.00. The summed E-state index contributed by atoms with van der Waals surface area (Å²) in [5, 5.41) is 9.88. The Bertz CT molecular complexity index is 367. The van der Waals surface area contributed by atoms with Crippen LogP contribution in [0.2, 0.25) is 0 Å². The number of phenolic OH excluding ortho intramolecular Hbond substituents is 1. The Hall–Kier alpha value is -1.06. The van der Waals surface area contributed by atoms with Crippen molar-refractivity contribution in [2.24, 2.45) is 0 Å². The molecular weight excluding hydrogens is 214 g/mol. The summed E-state index contributed by atoms with van der Waals surface area (Å²) >= 11 is 0. The van der Waals surface area contributed by atoms with Gasteiger partial charge in [0.25, 0.3) is 0 Å². The summed E-state index contributed by atoms with van der Waals surface area (Å²) in [4.78, 5) is 2.38. The van der Waals surface area contributed by atoms with Crippen LogP contribution in [0.25, 0.3) is 0 Å². The van der Waals surface area contributed by atoms with E-state index in [4.69, 9.17) is 4.74 Å². The smallest absolute Gasteiger partial charge is 0.120 e. The summed E-state index contributed by atoms with van der Waals surface area (Å²) < 4.78 is 5.67. The molecule has 17 heavy (non-hydrogen) atoms. The first-order chi connectivity index (χ1) is 8.22. The van der Waals surface area contributed by atoms with E-state index in [1.54, 1.807) is 6.07 Å². The number of hydrogen-bond donors (Lipinski definition) is 1. The van der Waals surface area contributed by atoms with Crippen LogP contribution in [-0.2, 0) is 4.74 Å². The zero-order valence-corrected chi connectivity index (χ0v) is 10.6. The quantitative estimate of drug-likeness (QED) is 0.874. The fourth-order valence-electron chi connectivity index (χ4n) is 2.38. The highest BCUT2D eigenvalue weighted by Crippen LogP contribution is 2.29. The molecule has 1 aliphatic heterocycles. The number of morpholine rings is 1. The monoisotopic (exact) mass is 235 g/mol. The Morgan fingerprint density at radius 3 is 2.94 bits per heavy atom. The molecule has 1 aliphatic rings. The van der Waals surface area contributed by atoms with E-state index in [1.165, 1.54) is 0 Å². The molecule has 0 radical (unpaired) electrons. The van der Waals surface area contributed by atoms with Gasteiger partial charge in [-0.3, -0.25) is 4.90 Å². The molecule has 94 valence electrons. The predicted molar refractivity (Wildman–Crippen MR) is 68.1 cm³/mol. The van der Waals surface area contributed by atoms with E-state index < -0.39 is 0 Å². The lowest BCUT2D eigenvalue weighted by Gasteiger charge is -2.36. The van der Waals surface area contributed by atoms with Crippen LogP contribution in [0, 0.1) is 0 Å². The average molecular weight is 235 g/mol. The normalized spacial score (nSPS) is 23.5. The molecule has 3 heteroatoms. The van der Waals surface area contributed by atoms with Crippen molar-refractivity contribution < 1.29 is 9.84 Å². The Labute approximate surface area is 103 Å². The molecule has 0 spiro atoms. The van der Waals surface area contributed by atoms with Crippen molar-refractivity contribution in [3.05, 3.63) is 29.8 Å². The largest absolute Gasteiger partial charge is 0.508 e. The standard InChI is InChI=1S/C14H21NO2/c1-3-12-10-15(8-9-17-12)11(2)13-6-4-5-7-14(13)16/h4-7,11-12,16H,3,8-10H2,1-2H3. The van der Waals surface area contributed by atoms with Crippen molar-refractivity contribution in [3.8, 4) is 5.75 Å². The van der Waals surface area contributed by atoms with Gasteiger partial charge in [0, 0.05) is 24.7 Å². The van der Waals surface area contributed by atoms with Crippen LogP contribution in [-0.4, -0.2) is 35.8 Å². The second kappa shape index (κ2) is 5.52. The van der Waals surface area contributed by atoms with Gasteiger partial charge in [-0.1, -0.05) is 25.1 Å². The fraction of sp³-hybridized carbons (Fsp3) is 0.571. The van der Waals surface area contributed by atoms with Crippen molar-refractivity contribution in [2.45, 2.75) is 32.4 Å². The maximum absolute atomic E-state index is 9.88. The number of aromatic hydroxyl groups is 1. The van der Waals surface area contributed by atoms with Crippen molar-refractivity contribution in [3.63, 3.8) is 0 Å². The second-order valence-electron chi connectivity index (χ2n) is 4.63. The van der Waals surface area contributed by atoms with Crippen molar-refractivity contribution in [1.82, 2.24) is 4.90 Å². The van der Waals surface area contributed by atoms with Gasteiger partial charge < -0.3 is 9.84 Å². The van der Waals surface area contributed by atoms with Gasteiger partial charge in [0.2, 0.25) is 0 Å². The lowest BCUT2D eigenvalue weighted by Crippen LogP contribution is -2.43. The summed E-state index contributed by atoms with van der Waals surface area (Å²) in [6, 6.07) is 7.83. The molecule has 1 aromatic carbocycles. The van der Waals surface area contributed by atoms with Gasteiger partial charge in [0.05, 0.1) is 12.7 Å². The van der Waals surface area contributed by atoms with E-state index in [0.717, 1.165) is 31.7 Å². The third kappa shape index (κ3) is 2.79. The zero-order chi connectivity index (χ0) is 12.3. The van der Waals surface area contributed by atoms with E-state index in [0.29, 0.717) is 11.9 Å². The van der Waals surface area contributed by atoms with Gasteiger partial charge in [0.1, 0.15) is 5.75 Å². The zero-order valence-electron chi connectivity index (χ0n) is 10.6. The Morgan fingerprint density at radius 2 is 2.24 bits per heavy atom. The minimum Gasteiger partial charge on any atom is -0.508 e. The summed E-state index contributed by atoms with van der Waals surface area (Å²) in [6.45, 7) is 6.97. The molecule has 1 saturated heterocycles. The summed E-state index contributed by atoms with van der Waals surface area (Å²) in [6.07, 6.45) is 1.38. The SMILES string of the molecule is CCC1CN(C(C)c2ccccc2O)CCO1. The van der Waals surface area contributed by atoms with Gasteiger partial charge in [-0.15, -0.1) is 0 Å². The molecule has 0 aromatic heterocycles. The van der Waals surface area contributed by atoms with Gasteiger partial charge in [-0.2, -0.15) is 0 Å². The van der Waals surface area contributed by atoms with Gasteiger partial charge in [-0.05, 0) is 19.4 Å². The number of para-hydroxylation sites is 1. The fourth-order valence-corrected chi connectivity index (χ4v) is 2.38. The molecule has 3 nitrogen and oxygen atoms in total. The minimum atomic E-state index is 0.245. The lowest BCUT2D eigenvalue weighted by atomic mass is 10.0. The highest BCUT2D eigenvalue weighted by molar-refractivity contribution is 5.34. The number of benzene rings is 1. The average Bonchev–Trinajstić information content (AvgIpc) is 2.38. The van der Waals surface area contributed by atoms with E-state index in [1.807, 2.05) is 18.2 Å². The highest BCUT2D eigenvalue weighted by atomic mass is 16.5. The van der Waals surface area contributed by atoms with Crippen LogP contribution in [0.1, 0.15) is 31.9 Å². The predicted octanol–water partition coefficient (Wildman–Crippen LogP) is 2.56. The lowest BCUT2D eigenvalue weighted by molar-refractivity contribution is -0.0427.